The van der Waals surface area contributed by atoms with Crippen molar-refractivity contribution in [3.8, 4) is 33.4 Å². The third-order valence-corrected chi connectivity index (χ3v) is 13.2. The fraction of sp³-hybridized carbons (Fsp3) is 0. The van der Waals surface area contributed by atoms with Crippen molar-refractivity contribution in [2.24, 2.45) is 0 Å². The van der Waals surface area contributed by atoms with Crippen LogP contribution in [0.15, 0.2) is 200 Å². The molecule has 2 aromatic heterocycles. The summed E-state index contributed by atoms with van der Waals surface area (Å²) in [6, 6.07) is 73.4. The summed E-state index contributed by atoms with van der Waals surface area (Å²) in [5.41, 5.74) is 10.9. The smallest absolute Gasteiger partial charge is 0.0555 e. The zero-order valence-corrected chi connectivity index (χ0v) is 31.4. The molecule has 0 N–H and O–H groups in total. The summed E-state index contributed by atoms with van der Waals surface area (Å²) < 4.78 is 5.18. The molecule has 0 fully saturated rings. The van der Waals surface area contributed by atoms with Gasteiger partial charge < -0.3 is 4.90 Å². The Labute approximate surface area is 327 Å². The molecule has 0 atom stereocenters. The minimum absolute atomic E-state index is 1.14. The quantitative estimate of drug-likeness (QED) is 0.164. The van der Waals surface area contributed by atoms with Crippen molar-refractivity contribution in [1.29, 1.82) is 0 Å². The van der Waals surface area contributed by atoms with Crippen molar-refractivity contribution in [2.75, 3.05) is 4.90 Å². The Morgan fingerprint density at radius 3 is 1.62 bits per heavy atom. The largest absolute Gasteiger partial charge is 0.310 e. The summed E-state index contributed by atoms with van der Waals surface area (Å²) in [5.74, 6) is 0. The lowest BCUT2D eigenvalue weighted by Gasteiger charge is -2.27. The molecular formula is C52H33NS2. The molecule has 3 heteroatoms. The summed E-state index contributed by atoms with van der Waals surface area (Å²) in [6.07, 6.45) is 0. The van der Waals surface area contributed by atoms with E-state index in [2.05, 4.69) is 205 Å². The molecule has 0 saturated carbocycles. The Morgan fingerprint density at radius 1 is 0.327 bits per heavy atom. The SMILES string of the molecule is c1ccc(-c2ccc3c(c2)sc2ccc(N(c4ccc5ccccc5c4)c4ccc(-c5ccccc5)c5sc6cc(-c7ccccc7)ccc6c45)cc23)cc1. The molecule has 0 amide bonds. The standard InChI is InChI=1S/C52H33NS2/c1-4-12-34(13-5-1)39-21-25-44-46-33-42(24-29-48(46)54-49(44)31-39)53(41-23-20-36-16-10-11-19-38(36)30-41)47-28-27-43(37-17-8-3-9-18-37)52-51(47)45-26-22-40(32-50(45)55-52)35-14-6-2-7-15-35/h1-33H. The van der Waals surface area contributed by atoms with Gasteiger partial charge in [-0.2, -0.15) is 0 Å². The predicted molar refractivity (Wildman–Crippen MR) is 241 cm³/mol. The minimum atomic E-state index is 1.14. The number of fused-ring (bicyclic) bond motifs is 7. The fourth-order valence-electron chi connectivity index (χ4n) is 8.16. The lowest BCUT2D eigenvalue weighted by Crippen LogP contribution is -2.10. The lowest BCUT2D eigenvalue weighted by molar-refractivity contribution is 1.31. The number of hydrogen-bond donors (Lipinski definition) is 0. The fourth-order valence-corrected chi connectivity index (χ4v) is 10.6. The van der Waals surface area contributed by atoms with E-state index >= 15 is 0 Å². The van der Waals surface area contributed by atoms with E-state index in [1.807, 2.05) is 22.7 Å². The summed E-state index contributed by atoms with van der Waals surface area (Å²) in [6.45, 7) is 0. The normalized spacial score (nSPS) is 11.6. The van der Waals surface area contributed by atoms with Crippen LogP contribution in [0.25, 0.3) is 84.5 Å². The van der Waals surface area contributed by atoms with Crippen molar-refractivity contribution < 1.29 is 0 Å². The van der Waals surface area contributed by atoms with Gasteiger partial charge in [0.05, 0.1) is 5.69 Å². The van der Waals surface area contributed by atoms with Crippen molar-refractivity contribution in [2.45, 2.75) is 0 Å². The second-order valence-corrected chi connectivity index (χ2v) is 16.2. The van der Waals surface area contributed by atoms with Crippen LogP contribution in [-0.4, -0.2) is 0 Å². The van der Waals surface area contributed by atoms with Crippen LogP contribution in [0.3, 0.4) is 0 Å². The highest BCUT2D eigenvalue weighted by molar-refractivity contribution is 7.26. The highest BCUT2D eigenvalue weighted by atomic mass is 32.1. The van der Waals surface area contributed by atoms with Gasteiger partial charge in [0.2, 0.25) is 0 Å². The summed E-state index contributed by atoms with van der Waals surface area (Å²) in [4.78, 5) is 2.49. The second-order valence-electron chi connectivity index (χ2n) is 14.1. The molecule has 0 saturated heterocycles. The number of benzene rings is 9. The monoisotopic (exact) mass is 735 g/mol. The van der Waals surface area contributed by atoms with E-state index in [9.17, 15) is 0 Å². The van der Waals surface area contributed by atoms with Gasteiger partial charge in [-0.25, -0.2) is 0 Å². The molecule has 0 bridgehead atoms. The van der Waals surface area contributed by atoms with Crippen LogP contribution in [0.2, 0.25) is 0 Å². The van der Waals surface area contributed by atoms with Crippen LogP contribution in [0.5, 0.6) is 0 Å². The van der Waals surface area contributed by atoms with Gasteiger partial charge in [0.15, 0.2) is 0 Å². The van der Waals surface area contributed by atoms with E-state index in [-0.39, 0.29) is 0 Å². The molecule has 0 unspecified atom stereocenters. The molecule has 0 aliphatic rings. The van der Waals surface area contributed by atoms with Crippen LogP contribution in [0.1, 0.15) is 0 Å². The molecule has 0 aliphatic carbocycles. The van der Waals surface area contributed by atoms with Gasteiger partial charge in [0.25, 0.3) is 0 Å². The molecular weight excluding hydrogens is 703 g/mol. The Bertz CT molecular complexity index is 3200. The first-order chi connectivity index (χ1) is 27.2. The maximum Gasteiger partial charge on any atom is 0.0555 e. The van der Waals surface area contributed by atoms with E-state index in [0.29, 0.717) is 0 Å². The van der Waals surface area contributed by atoms with Crippen molar-refractivity contribution in [3.05, 3.63) is 200 Å². The minimum Gasteiger partial charge on any atom is -0.310 e. The Morgan fingerprint density at radius 2 is 0.909 bits per heavy atom. The second kappa shape index (κ2) is 13.1. The zero-order valence-electron chi connectivity index (χ0n) is 29.8. The Balaban J connectivity index is 1.17. The van der Waals surface area contributed by atoms with Crippen molar-refractivity contribution in [3.63, 3.8) is 0 Å². The first-order valence-corrected chi connectivity index (χ1v) is 20.3. The molecule has 0 spiro atoms. The van der Waals surface area contributed by atoms with Crippen molar-refractivity contribution >= 4 is 90.9 Å². The topological polar surface area (TPSA) is 3.24 Å². The predicted octanol–water partition coefficient (Wildman–Crippen LogP) is 16.0. The van der Waals surface area contributed by atoms with Gasteiger partial charge in [-0.1, -0.05) is 152 Å². The third-order valence-electron chi connectivity index (χ3n) is 10.8. The molecule has 258 valence electrons. The zero-order chi connectivity index (χ0) is 36.3. The average molecular weight is 736 g/mol. The molecule has 2 heterocycles. The molecule has 1 nitrogen and oxygen atoms in total. The van der Waals surface area contributed by atoms with Gasteiger partial charge in [0, 0.05) is 51.7 Å². The number of hydrogen-bond acceptors (Lipinski definition) is 3. The van der Waals surface area contributed by atoms with E-state index in [0.717, 1.165) is 11.4 Å². The molecule has 11 aromatic rings. The van der Waals surface area contributed by atoms with E-state index in [1.54, 1.807) is 0 Å². The van der Waals surface area contributed by atoms with Crippen LogP contribution >= 0.6 is 22.7 Å². The van der Waals surface area contributed by atoms with Gasteiger partial charge in [-0.3, -0.25) is 0 Å². The average Bonchev–Trinajstić information content (AvgIpc) is 3.83. The van der Waals surface area contributed by atoms with Crippen LogP contribution in [0, 0.1) is 0 Å². The number of anilines is 3. The van der Waals surface area contributed by atoms with Crippen LogP contribution in [-0.2, 0) is 0 Å². The highest BCUT2D eigenvalue weighted by Gasteiger charge is 2.22. The van der Waals surface area contributed by atoms with Gasteiger partial charge in [0.1, 0.15) is 0 Å². The van der Waals surface area contributed by atoms with Crippen LogP contribution in [0.4, 0.5) is 17.1 Å². The summed E-state index contributed by atoms with van der Waals surface area (Å²) >= 11 is 3.77. The first kappa shape index (κ1) is 32.0. The number of rotatable bonds is 6. The van der Waals surface area contributed by atoms with Crippen molar-refractivity contribution in [1.82, 2.24) is 0 Å². The summed E-state index contributed by atoms with van der Waals surface area (Å²) in [5, 5.41) is 7.58. The lowest BCUT2D eigenvalue weighted by atomic mass is 9.98. The molecule has 11 rings (SSSR count). The third kappa shape index (κ3) is 5.51. The molecule has 0 aliphatic heterocycles. The highest BCUT2D eigenvalue weighted by Crippen LogP contribution is 2.50. The maximum absolute atomic E-state index is 2.49. The number of thiophene rings is 2. The van der Waals surface area contributed by atoms with Gasteiger partial charge in [-0.15, -0.1) is 22.7 Å². The molecule has 55 heavy (non-hydrogen) atoms. The van der Waals surface area contributed by atoms with E-state index in [4.69, 9.17) is 0 Å². The Kier molecular flexibility index (Phi) is 7.61. The Hall–Kier alpha value is -6.52. The number of nitrogens with zero attached hydrogens (tertiary/aromatic N) is 1. The summed E-state index contributed by atoms with van der Waals surface area (Å²) in [7, 11) is 0. The molecule has 9 aromatic carbocycles. The maximum atomic E-state index is 2.49. The van der Waals surface area contributed by atoms with E-state index < -0.39 is 0 Å². The molecule has 0 radical (unpaired) electrons. The van der Waals surface area contributed by atoms with Gasteiger partial charge in [-0.05, 0) is 92.7 Å². The van der Waals surface area contributed by atoms with E-state index in [1.165, 1.54) is 90.2 Å². The first-order valence-electron chi connectivity index (χ1n) is 18.7. The van der Waals surface area contributed by atoms with Crippen LogP contribution < -0.4 is 4.90 Å². The van der Waals surface area contributed by atoms with Gasteiger partial charge >= 0.3 is 0 Å².